The van der Waals surface area contributed by atoms with Crippen LogP contribution in [0.4, 0.5) is 11.6 Å². The third-order valence-electron chi connectivity index (χ3n) is 3.80. The lowest BCUT2D eigenvalue weighted by Crippen LogP contribution is -2.16. The van der Waals surface area contributed by atoms with Crippen LogP contribution in [0.15, 0.2) is 50.9 Å². The van der Waals surface area contributed by atoms with E-state index in [1.807, 2.05) is 30.3 Å². The van der Waals surface area contributed by atoms with E-state index in [1.54, 1.807) is 12.1 Å². The zero-order valence-corrected chi connectivity index (χ0v) is 14.5. The van der Waals surface area contributed by atoms with E-state index in [2.05, 4.69) is 26.1 Å². The SMILES string of the molecule is N#CC(=Cc1ccc(N2CCCC2)o1)C(=O)Nc1ccccc1Br. The molecule has 1 aliphatic rings. The van der Waals surface area contributed by atoms with Gasteiger partial charge in [-0.2, -0.15) is 5.26 Å². The number of benzene rings is 1. The summed E-state index contributed by atoms with van der Waals surface area (Å²) in [5.74, 6) is 0.807. The van der Waals surface area contributed by atoms with Gasteiger partial charge in [-0.25, -0.2) is 0 Å². The van der Waals surface area contributed by atoms with Crippen molar-refractivity contribution in [3.05, 3.63) is 52.2 Å². The summed E-state index contributed by atoms with van der Waals surface area (Å²) in [6.07, 6.45) is 3.78. The fourth-order valence-corrected chi connectivity index (χ4v) is 2.95. The largest absolute Gasteiger partial charge is 0.441 e. The predicted molar refractivity (Wildman–Crippen MR) is 96.5 cm³/mol. The summed E-state index contributed by atoms with van der Waals surface area (Å²) in [6.45, 7) is 1.95. The highest BCUT2D eigenvalue weighted by Crippen LogP contribution is 2.25. The average Bonchev–Trinajstić information content (AvgIpc) is 3.25. The van der Waals surface area contributed by atoms with Crippen LogP contribution in [0.2, 0.25) is 0 Å². The molecule has 0 spiro atoms. The molecule has 24 heavy (non-hydrogen) atoms. The number of anilines is 2. The van der Waals surface area contributed by atoms with Crippen molar-refractivity contribution in [2.45, 2.75) is 12.8 Å². The molecule has 0 bridgehead atoms. The molecular weight excluding hydrogens is 370 g/mol. The third kappa shape index (κ3) is 3.69. The average molecular weight is 386 g/mol. The van der Waals surface area contributed by atoms with Gasteiger partial charge in [0.15, 0.2) is 5.88 Å². The van der Waals surface area contributed by atoms with Crippen molar-refractivity contribution in [3.8, 4) is 6.07 Å². The lowest BCUT2D eigenvalue weighted by molar-refractivity contribution is -0.112. The summed E-state index contributed by atoms with van der Waals surface area (Å²) in [6, 6.07) is 12.8. The zero-order chi connectivity index (χ0) is 16.9. The number of carbonyl (C=O) groups excluding carboxylic acids is 1. The normalized spacial score (nSPS) is 14.5. The van der Waals surface area contributed by atoms with Crippen LogP contribution in [0, 0.1) is 11.3 Å². The Bertz CT molecular complexity index is 814. The molecule has 2 aromatic rings. The molecule has 2 heterocycles. The maximum absolute atomic E-state index is 12.3. The van der Waals surface area contributed by atoms with E-state index in [-0.39, 0.29) is 5.57 Å². The monoisotopic (exact) mass is 385 g/mol. The van der Waals surface area contributed by atoms with Gasteiger partial charge >= 0.3 is 0 Å². The van der Waals surface area contributed by atoms with Gasteiger partial charge in [0.1, 0.15) is 17.4 Å². The molecule has 1 amide bonds. The maximum Gasteiger partial charge on any atom is 0.266 e. The second-order valence-corrected chi connectivity index (χ2v) is 6.33. The smallest absolute Gasteiger partial charge is 0.266 e. The summed E-state index contributed by atoms with van der Waals surface area (Å²) in [7, 11) is 0. The first-order valence-corrected chi connectivity index (χ1v) is 8.49. The molecule has 6 heteroatoms. The summed E-state index contributed by atoms with van der Waals surface area (Å²) < 4.78 is 6.49. The number of furan rings is 1. The topological polar surface area (TPSA) is 69.3 Å². The van der Waals surface area contributed by atoms with Gasteiger partial charge in [0.2, 0.25) is 0 Å². The molecule has 1 fully saturated rings. The van der Waals surface area contributed by atoms with Crippen molar-refractivity contribution in [1.29, 1.82) is 5.26 Å². The molecule has 3 rings (SSSR count). The first-order chi connectivity index (χ1) is 11.7. The van der Waals surface area contributed by atoms with Gasteiger partial charge in [0, 0.05) is 29.7 Å². The van der Waals surface area contributed by atoms with Crippen molar-refractivity contribution in [2.24, 2.45) is 0 Å². The number of hydrogen-bond acceptors (Lipinski definition) is 4. The molecule has 0 atom stereocenters. The van der Waals surface area contributed by atoms with Crippen LogP contribution in [0.1, 0.15) is 18.6 Å². The highest BCUT2D eigenvalue weighted by Gasteiger charge is 2.16. The fourth-order valence-electron chi connectivity index (χ4n) is 2.57. The van der Waals surface area contributed by atoms with Gasteiger partial charge in [-0.1, -0.05) is 12.1 Å². The highest BCUT2D eigenvalue weighted by atomic mass is 79.9. The second kappa shape index (κ2) is 7.37. The Morgan fingerprint density at radius 2 is 2.00 bits per heavy atom. The van der Waals surface area contributed by atoms with Crippen molar-refractivity contribution in [2.75, 3.05) is 23.3 Å². The molecule has 1 saturated heterocycles. The van der Waals surface area contributed by atoms with E-state index >= 15 is 0 Å². The minimum absolute atomic E-state index is 0.00641. The minimum atomic E-state index is -0.469. The van der Waals surface area contributed by atoms with Crippen molar-refractivity contribution >= 4 is 39.5 Å². The lowest BCUT2D eigenvalue weighted by atomic mass is 10.2. The molecule has 1 aromatic heterocycles. The molecular formula is C18H16BrN3O2. The number of amides is 1. The summed E-state index contributed by atoms with van der Waals surface area (Å²) >= 11 is 3.36. The number of halogens is 1. The Balaban J connectivity index is 1.75. The third-order valence-corrected chi connectivity index (χ3v) is 4.50. The molecule has 0 unspecified atom stereocenters. The van der Waals surface area contributed by atoms with Crippen LogP contribution in [-0.4, -0.2) is 19.0 Å². The molecule has 0 aliphatic carbocycles. The van der Waals surface area contributed by atoms with Crippen molar-refractivity contribution < 1.29 is 9.21 Å². The number of nitriles is 1. The zero-order valence-electron chi connectivity index (χ0n) is 13.0. The van der Waals surface area contributed by atoms with Gasteiger partial charge in [0.25, 0.3) is 5.91 Å². The van der Waals surface area contributed by atoms with Crippen LogP contribution in [0.25, 0.3) is 6.08 Å². The van der Waals surface area contributed by atoms with Crippen LogP contribution in [0.5, 0.6) is 0 Å². The maximum atomic E-state index is 12.3. The van der Waals surface area contributed by atoms with Gasteiger partial charge in [-0.3, -0.25) is 4.79 Å². The highest BCUT2D eigenvalue weighted by molar-refractivity contribution is 9.10. The van der Waals surface area contributed by atoms with E-state index in [1.165, 1.54) is 6.08 Å². The Morgan fingerprint density at radius 1 is 1.25 bits per heavy atom. The second-order valence-electron chi connectivity index (χ2n) is 5.47. The van der Waals surface area contributed by atoms with Crippen LogP contribution in [0.3, 0.4) is 0 Å². The number of rotatable bonds is 4. The number of hydrogen-bond donors (Lipinski definition) is 1. The predicted octanol–water partition coefficient (Wildman–Crippen LogP) is 4.19. The number of nitrogens with zero attached hydrogens (tertiary/aromatic N) is 2. The summed E-state index contributed by atoms with van der Waals surface area (Å²) in [5.41, 5.74) is 0.605. The Labute approximate surface area is 148 Å². The number of carbonyl (C=O) groups is 1. The molecule has 0 radical (unpaired) electrons. The van der Waals surface area contributed by atoms with E-state index < -0.39 is 5.91 Å². The molecule has 0 saturated carbocycles. The first-order valence-electron chi connectivity index (χ1n) is 7.70. The summed E-state index contributed by atoms with van der Waals surface area (Å²) in [4.78, 5) is 14.4. The number of para-hydroxylation sites is 1. The molecule has 1 aliphatic heterocycles. The van der Waals surface area contributed by atoms with E-state index in [0.29, 0.717) is 11.4 Å². The molecule has 122 valence electrons. The van der Waals surface area contributed by atoms with Gasteiger partial charge in [-0.05, 0) is 47.0 Å². The fraction of sp³-hybridized carbons (Fsp3) is 0.222. The van der Waals surface area contributed by atoms with Crippen molar-refractivity contribution in [3.63, 3.8) is 0 Å². The van der Waals surface area contributed by atoms with Crippen LogP contribution in [-0.2, 0) is 4.79 Å². The van der Waals surface area contributed by atoms with Gasteiger partial charge < -0.3 is 14.6 Å². The lowest BCUT2D eigenvalue weighted by Gasteiger charge is -2.12. The Hall–Kier alpha value is -2.52. The quantitative estimate of drug-likeness (QED) is 0.632. The van der Waals surface area contributed by atoms with E-state index in [9.17, 15) is 10.1 Å². The standard InChI is InChI=1S/C18H16BrN3O2/c19-15-5-1-2-6-16(15)21-18(23)13(12-20)11-14-7-8-17(24-14)22-9-3-4-10-22/h1-2,5-8,11H,3-4,9-10H2,(H,21,23). The van der Waals surface area contributed by atoms with E-state index in [0.717, 1.165) is 36.3 Å². The van der Waals surface area contributed by atoms with E-state index in [4.69, 9.17) is 4.42 Å². The van der Waals surface area contributed by atoms with Gasteiger partial charge in [-0.15, -0.1) is 0 Å². The molecule has 1 aromatic carbocycles. The van der Waals surface area contributed by atoms with Gasteiger partial charge in [0.05, 0.1) is 5.69 Å². The minimum Gasteiger partial charge on any atom is -0.441 e. The Kier molecular flexibility index (Phi) is 5.02. The summed E-state index contributed by atoms with van der Waals surface area (Å²) in [5, 5.41) is 12.0. The first kappa shape index (κ1) is 16.3. The van der Waals surface area contributed by atoms with Crippen molar-refractivity contribution in [1.82, 2.24) is 0 Å². The Morgan fingerprint density at radius 3 is 2.71 bits per heavy atom. The van der Waals surface area contributed by atoms with Crippen LogP contribution < -0.4 is 10.2 Å². The molecule has 5 nitrogen and oxygen atoms in total. The molecule has 1 N–H and O–H groups in total. The van der Waals surface area contributed by atoms with Crippen LogP contribution >= 0.6 is 15.9 Å². The number of nitrogens with one attached hydrogen (secondary N) is 1.